The monoisotopic (exact) mass is 385 g/mol. The van der Waals surface area contributed by atoms with Crippen LogP contribution in [0, 0.1) is 10.1 Å². The molecule has 1 atom stereocenters. The van der Waals surface area contributed by atoms with E-state index in [4.69, 9.17) is 18.9 Å². The molecule has 1 unspecified atom stereocenters. The van der Waals surface area contributed by atoms with Crippen LogP contribution in [-0.2, 0) is 18.9 Å². The summed E-state index contributed by atoms with van der Waals surface area (Å²) < 4.78 is 21.5. The van der Waals surface area contributed by atoms with Crippen molar-refractivity contribution < 1.29 is 28.7 Å². The van der Waals surface area contributed by atoms with Gasteiger partial charge in [0.15, 0.2) is 0 Å². The van der Waals surface area contributed by atoms with E-state index in [2.05, 4.69) is 6.92 Å². The lowest BCUT2D eigenvalue weighted by atomic mass is 9.99. The maximum absolute atomic E-state index is 11.7. The van der Waals surface area contributed by atoms with Crippen molar-refractivity contribution in [3.05, 3.63) is 33.7 Å². The second kappa shape index (κ2) is 10.4. The Balaban J connectivity index is 2.31. The highest BCUT2D eigenvalue weighted by atomic mass is 16.7. The van der Waals surface area contributed by atoms with Gasteiger partial charge in [0, 0.05) is 32.4 Å². The highest BCUT2D eigenvalue weighted by molar-refractivity contribution is 5.61. The molecule has 0 heterocycles. The van der Waals surface area contributed by atoms with Gasteiger partial charge in [-0.15, -0.1) is 0 Å². The topological polar surface area (TPSA) is 97.1 Å². The van der Waals surface area contributed by atoms with E-state index in [0.717, 1.165) is 12.8 Å². The minimum absolute atomic E-state index is 0.0993. The molecule has 0 saturated carbocycles. The van der Waals surface area contributed by atoms with Crippen LogP contribution in [0.4, 0.5) is 4.79 Å². The molecule has 27 heavy (non-hydrogen) atoms. The van der Waals surface area contributed by atoms with Gasteiger partial charge in [0.05, 0.1) is 29.3 Å². The van der Waals surface area contributed by atoms with Crippen LogP contribution in [0.25, 0.3) is 0 Å². The zero-order chi connectivity index (χ0) is 20.5. The summed E-state index contributed by atoms with van der Waals surface area (Å²) in [6.45, 7) is 8.70. The zero-order valence-electron chi connectivity index (χ0n) is 16.9. The van der Waals surface area contributed by atoms with Crippen molar-refractivity contribution in [3.63, 3.8) is 0 Å². The van der Waals surface area contributed by atoms with Crippen LogP contribution in [0.5, 0.6) is 0 Å². The molecular formula is C19H31NO7. The molecule has 0 aromatic heterocycles. The lowest BCUT2D eigenvalue weighted by molar-refractivity contribution is -0.428. The molecule has 1 aliphatic carbocycles. The Labute approximate surface area is 160 Å². The molecule has 0 saturated heterocycles. The predicted octanol–water partition coefficient (Wildman–Crippen LogP) is 4.37. The normalized spacial score (nSPS) is 16.8. The summed E-state index contributed by atoms with van der Waals surface area (Å²) in [6, 6.07) is 0. The maximum Gasteiger partial charge on any atom is 0.513 e. The van der Waals surface area contributed by atoms with Crippen LogP contribution in [0.3, 0.4) is 0 Å². The van der Waals surface area contributed by atoms with Crippen LogP contribution in [0.2, 0.25) is 0 Å². The molecule has 8 heteroatoms. The number of carbonyl (C=O) groups is 1. The zero-order valence-corrected chi connectivity index (χ0v) is 16.9. The molecule has 0 N–H and O–H groups in total. The van der Waals surface area contributed by atoms with Crippen LogP contribution in [0.15, 0.2) is 23.6 Å². The molecule has 0 aromatic carbocycles. The molecule has 1 rings (SSSR count). The average Bonchev–Trinajstić information content (AvgIpc) is 2.61. The van der Waals surface area contributed by atoms with Crippen molar-refractivity contribution in [1.29, 1.82) is 0 Å². The molecule has 0 fully saturated rings. The van der Waals surface area contributed by atoms with E-state index in [1.165, 1.54) is 12.2 Å². The molecule has 154 valence electrons. The van der Waals surface area contributed by atoms with Crippen molar-refractivity contribution in [2.75, 3.05) is 20.3 Å². The van der Waals surface area contributed by atoms with Gasteiger partial charge in [0.2, 0.25) is 5.70 Å². The fraction of sp³-hybridized carbons (Fsp3) is 0.737. The third-order valence-corrected chi connectivity index (χ3v) is 4.83. The van der Waals surface area contributed by atoms with Crippen molar-refractivity contribution in [2.24, 2.45) is 0 Å². The van der Waals surface area contributed by atoms with Gasteiger partial charge in [-0.3, -0.25) is 10.1 Å². The third kappa shape index (κ3) is 8.53. The van der Waals surface area contributed by atoms with Crippen LogP contribution in [-0.4, -0.2) is 42.6 Å². The minimum atomic E-state index is -0.812. The van der Waals surface area contributed by atoms with Gasteiger partial charge in [0.1, 0.15) is 5.76 Å². The van der Waals surface area contributed by atoms with Crippen LogP contribution >= 0.6 is 0 Å². The molecule has 1 aliphatic rings. The molecule has 0 amide bonds. The van der Waals surface area contributed by atoms with Crippen LogP contribution < -0.4 is 0 Å². The lowest BCUT2D eigenvalue weighted by Crippen LogP contribution is -2.32. The number of rotatable bonds is 11. The lowest BCUT2D eigenvalue weighted by Gasteiger charge is -2.30. The van der Waals surface area contributed by atoms with E-state index in [1.807, 2.05) is 20.8 Å². The van der Waals surface area contributed by atoms with Crippen molar-refractivity contribution in [3.8, 4) is 0 Å². The first-order valence-corrected chi connectivity index (χ1v) is 9.18. The Hall–Kier alpha value is -1.93. The van der Waals surface area contributed by atoms with E-state index >= 15 is 0 Å². The molecule has 0 spiro atoms. The highest BCUT2D eigenvalue weighted by Crippen LogP contribution is 2.22. The number of nitrogens with zero attached hydrogens (tertiary/aromatic N) is 1. The van der Waals surface area contributed by atoms with Gasteiger partial charge in [-0.2, -0.15) is 0 Å². The van der Waals surface area contributed by atoms with E-state index in [1.54, 1.807) is 7.11 Å². The molecule has 0 bridgehead atoms. The van der Waals surface area contributed by atoms with Crippen LogP contribution in [0.1, 0.15) is 59.8 Å². The van der Waals surface area contributed by atoms with Crippen molar-refractivity contribution in [1.82, 2.24) is 0 Å². The second-order valence-electron chi connectivity index (χ2n) is 7.36. The number of ether oxygens (including phenoxy) is 4. The van der Waals surface area contributed by atoms with E-state index in [-0.39, 0.29) is 24.3 Å². The first-order valence-electron chi connectivity index (χ1n) is 9.18. The number of hydrogen-bond acceptors (Lipinski definition) is 7. The van der Waals surface area contributed by atoms with E-state index < -0.39 is 16.7 Å². The summed E-state index contributed by atoms with van der Waals surface area (Å²) in [7, 11) is 1.70. The largest absolute Gasteiger partial charge is 0.513 e. The van der Waals surface area contributed by atoms with E-state index in [0.29, 0.717) is 25.2 Å². The molecule has 0 aromatic rings. The predicted molar refractivity (Wildman–Crippen MR) is 99.8 cm³/mol. The Bertz CT molecular complexity index is 577. The second-order valence-corrected chi connectivity index (χ2v) is 7.36. The fourth-order valence-electron chi connectivity index (χ4n) is 2.40. The Morgan fingerprint density at radius 1 is 1.19 bits per heavy atom. The summed E-state index contributed by atoms with van der Waals surface area (Å²) in [5.41, 5.74) is -0.550. The molecular weight excluding hydrogens is 354 g/mol. The third-order valence-electron chi connectivity index (χ3n) is 4.83. The number of carbonyl (C=O) groups excluding carboxylic acids is 1. The van der Waals surface area contributed by atoms with Gasteiger partial charge in [-0.25, -0.2) is 4.79 Å². The Kier molecular flexibility index (Phi) is 8.92. The molecule has 8 nitrogen and oxygen atoms in total. The number of nitro groups is 1. The Morgan fingerprint density at radius 3 is 2.41 bits per heavy atom. The van der Waals surface area contributed by atoms with Gasteiger partial charge < -0.3 is 18.9 Å². The standard InChI is InChI=1S/C19H31NO7/c1-6-19(4,24-5)12-14-26-18(2,3)11-13-25-17(21)27-16-9-7-15(8-10-16)20(22)23/h7,9H,6,8,10-14H2,1-5H3. The summed E-state index contributed by atoms with van der Waals surface area (Å²) in [4.78, 5) is 21.9. The fourth-order valence-corrected chi connectivity index (χ4v) is 2.40. The van der Waals surface area contributed by atoms with Gasteiger partial charge in [-0.05, 0) is 39.7 Å². The highest BCUT2D eigenvalue weighted by Gasteiger charge is 2.25. The number of hydrogen-bond donors (Lipinski definition) is 0. The minimum Gasteiger partial charge on any atom is -0.434 e. The quantitative estimate of drug-likeness (QED) is 0.296. The van der Waals surface area contributed by atoms with Crippen molar-refractivity contribution in [2.45, 2.75) is 71.0 Å². The molecule has 0 aliphatic heterocycles. The number of allylic oxidation sites excluding steroid dienone is 4. The van der Waals surface area contributed by atoms with Crippen molar-refractivity contribution >= 4 is 6.16 Å². The summed E-state index contributed by atoms with van der Waals surface area (Å²) in [5, 5.41) is 10.6. The SMILES string of the molecule is CCC(C)(CCOC(C)(C)CCOC(=O)OC1=CC=C([N+](=O)[O-])CC1)OC. The maximum atomic E-state index is 11.7. The first-order chi connectivity index (χ1) is 12.6. The summed E-state index contributed by atoms with van der Waals surface area (Å²) in [6.07, 6.45) is 4.67. The summed E-state index contributed by atoms with van der Waals surface area (Å²) in [5.74, 6) is 0.361. The van der Waals surface area contributed by atoms with E-state index in [9.17, 15) is 14.9 Å². The average molecular weight is 385 g/mol. The Morgan fingerprint density at radius 2 is 1.89 bits per heavy atom. The van der Waals surface area contributed by atoms with Gasteiger partial charge >= 0.3 is 6.16 Å². The summed E-state index contributed by atoms with van der Waals surface area (Å²) >= 11 is 0. The molecule has 0 radical (unpaired) electrons. The number of methoxy groups -OCH3 is 1. The first kappa shape index (κ1) is 23.1. The smallest absolute Gasteiger partial charge is 0.434 e. The van der Waals surface area contributed by atoms with Gasteiger partial charge in [0.25, 0.3) is 0 Å². The van der Waals surface area contributed by atoms with Gasteiger partial charge in [-0.1, -0.05) is 6.92 Å².